The predicted octanol–water partition coefficient (Wildman–Crippen LogP) is 2.51. The molecule has 2 N–H and O–H groups in total. The van der Waals surface area contributed by atoms with Gasteiger partial charge in [-0.25, -0.2) is 4.79 Å². The number of thiophene rings is 1. The topological polar surface area (TPSA) is 86.7 Å². The molecule has 7 heteroatoms. The molecule has 0 bridgehead atoms. The van der Waals surface area contributed by atoms with E-state index in [1.165, 1.54) is 16.2 Å². The van der Waals surface area contributed by atoms with Crippen molar-refractivity contribution in [1.82, 2.24) is 4.90 Å². The average Bonchev–Trinajstić information content (AvgIpc) is 2.73. The number of carboxylic acid groups (broad SMARTS) is 1. The molecule has 1 heterocycles. The highest BCUT2D eigenvalue weighted by Gasteiger charge is 2.21. The molecule has 22 heavy (non-hydrogen) atoms. The summed E-state index contributed by atoms with van der Waals surface area (Å²) >= 11 is 1.28. The van der Waals surface area contributed by atoms with E-state index in [1.807, 2.05) is 13.8 Å². The van der Waals surface area contributed by atoms with Gasteiger partial charge in [0.1, 0.15) is 5.00 Å². The van der Waals surface area contributed by atoms with Crippen LogP contribution >= 0.6 is 11.3 Å². The molecule has 1 aromatic heterocycles. The van der Waals surface area contributed by atoms with Gasteiger partial charge in [0.15, 0.2) is 0 Å². The van der Waals surface area contributed by atoms with Crippen LogP contribution in [0.1, 0.15) is 47.0 Å². The lowest BCUT2D eigenvalue weighted by Crippen LogP contribution is -2.22. The van der Waals surface area contributed by atoms with Gasteiger partial charge in [0.2, 0.25) is 11.8 Å². The maximum atomic E-state index is 11.9. The van der Waals surface area contributed by atoms with Crippen molar-refractivity contribution >= 4 is 34.1 Å². The summed E-state index contributed by atoms with van der Waals surface area (Å²) in [4.78, 5) is 37.1. The number of aryl methyl sites for hydroxylation is 1. The Hall–Kier alpha value is -1.89. The standard InChI is InChI=1S/C15H22N2O4S/c1-5-10-9(2)22-14(13(10)15(20)21)16-11(18)7-6-8-12(19)17(3)4/h5-8H2,1-4H3,(H,16,18)(H,20,21). The second kappa shape index (κ2) is 7.93. The van der Waals surface area contributed by atoms with Crippen molar-refractivity contribution in [3.05, 3.63) is 16.0 Å². The van der Waals surface area contributed by atoms with Crippen LogP contribution in [0.15, 0.2) is 0 Å². The summed E-state index contributed by atoms with van der Waals surface area (Å²) in [6.45, 7) is 3.74. The first kappa shape index (κ1) is 18.2. The maximum Gasteiger partial charge on any atom is 0.339 e. The molecule has 0 atom stereocenters. The van der Waals surface area contributed by atoms with Crippen LogP contribution in [-0.4, -0.2) is 41.9 Å². The van der Waals surface area contributed by atoms with Crippen LogP contribution in [0.5, 0.6) is 0 Å². The van der Waals surface area contributed by atoms with Gasteiger partial charge in [-0.05, 0) is 25.3 Å². The fourth-order valence-electron chi connectivity index (χ4n) is 2.13. The number of carbonyl (C=O) groups excluding carboxylic acids is 2. The summed E-state index contributed by atoms with van der Waals surface area (Å²) in [6, 6.07) is 0. The first-order valence-electron chi connectivity index (χ1n) is 7.13. The molecule has 0 aliphatic carbocycles. The zero-order valence-electron chi connectivity index (χ0n) is 13.4. The Labute approximate surface area is 134 Å². The zero-order chi connectivity index (χ0) is 16.9. The molecule has 0 saturated carbocycles. The minimum atomic E-state index is -1.03. The van der Waals surface area contributed by atoms with E-state index in [0.717, 1.165) is 10.4 Å². The van der Waals surface area contributed by atoms with Crippen LogP contribution in [0, 0.1) is 6.92 Å². The Morgan fingerprint density at radius 2 is 1.86 bits per heavy atom. The number of amides is 2. The molecule has 0 fully saturated rings. The summed E-state index contributed by atoms with van der Waals surface area (Å²) in [5.41, 5.74) is 0.943. The first-order chi connectivity index (χ1) is 10.3. The lowest BCUT2D eigenvalue weighted by molar-refractivity contribution is -0.128. The monoisotopic (exact) mass is 326 g/mol. The normalized spacial score (nSPS) is 10.4. The van der Waals surface area contributed by atoms with Crippen molar-refractivity contribution in [3.63, 3.8) is 0 Å². The number of rotatable bonds is 7. The van der Waals surface area contributed by atoms with Crippen molar-refractivity contribution in [2.75, 3.05) is 19.4 Å². The maximum absolute atomic E-state index is 11.9. The molecule has 1 aromatic rings. The molecule has 0 aliphatic heterocycles. The molecule has 122 valence electrons. The van der Waals surface area contributed by atoms with E-state index in [9.17, 15) is 19.5 Å². The van der Waals surface area contributed by atoms with Gasteiger partial charge in [-0.15, -0.1) is 11.3 Å². The van der Waals surface area contributed by atoms with E-state index in [2.05, 4.69) is 5.32 Å². The van der Waals surface area contributed by atoms with Gasteiger partial charge in [0.25, 0.3) is 0 Å². The Balaban J connectivity index is 2.69. The molecule has 0 radical (unpaired) electrons. The van der Waals surface area contributed by atoms with Gasteiger partial charge in [-0.3, -0.25) is 9.59 Å². The Bertz CT molecular complexity index is 578. The zero-order valence-corrected chi connectivity index (χ0v) is 14.2. The van der Waals surface area contributed by atoms with Crippen LogP contribution in [-0.2, 0) is 16.0 Å². The van der Waals surface area contributed by atoms with Gasteiger partial charge in [-0.1, -0.05) is 6.92 Å². The number of carbonyl (C=O) groups is 3. The Morgan fingerprint density at radius 3 is 2.36 bits per heavy atom. The number of carboxylic acids is 1. The number of anilines is 1. The average molecular weight is 326 g/mol. The van der Waals surface area contributed by atoms with Gasteiger partial charge in [-0.2, -0.15) is 0 Å². The Morgan fingerprint density at radius 1 is 1.23 bits per heavy atom. The molecule has 0 unspecified atom stereocenters. The summed E-state index contributed by atoms with van der Waals surface area (Å²) in [5, 5.41) is 12.4. The van der Waals surface area contributed by atoms with E-state index < -0.39 is 5.97 Å². The smallest absolute Gasteiger partial charge is 0.339 e. The first-order valence-corrected chi connectivity index (χ1v) is 7.95. The van der Waals surface area contributed by atoms with Gasteiger partial charge < -0.3 is 15.3 Å². The number of nitrogens with zero attached hydrogens (tertiary/aromatic N) is 1. The minimum Gasteiger partial charge on any atom is -0.478 e. The van der Waals surface area contributed by atoms with E-state index in [0.29, 0.717) is 24.3 Å². The lowest BCUT2D eigenvalue weighted by atomic mass is 10.1. The summed E-state index contributed by atoms with van der Waals surface area (Å²) in [6.07, 6.45) is 1.54. The highest BCUT2D eigenvalue weighted by Crippen LogP contribution is 2.33. The summed E-state index contributed by atoms with van der Waals surface area (Å²) < 4.78 is 0. The summed E-state index contributed by atoms with van der Waals surface area (Å²) in [7, 11) is 3.34. The van der Waals surface area contributed by atoms with Crippen LogP contribution in [0.4, 0.5) is 5.00 Å². The molecule has 0 saturated heterocycles. The summed E-state index contributed by atoms with van der Waals surface area (Å²) in [5.74, 6) is -1.32. The SMILES string of the molecule is CCc1c(C)sc(NC(=O)CCCC(=O)N(C)C)c1C(=O)O. The second-order valence-corrected chi connectivity index (χ2v) is 6.41. The molecule has 0 spiro atoms. The largest absolute Gasteiger partial charge is 0.478 e. The van der Waals surface area contributed by atoms with E-state index >= 15 is 0 Å². The highest BCUT2D eigenvalue weighted by molar-refractivity contribution is 7.16. The van der Waals surface area contributed by atoms with Crippen LogP contribution in [0.3, 0.4) is 0 Å². The van der Waals surface area contributed by atoms with Crippen molar-refractivity contribution in [2.24, 2.45) is 0 Å². The number of nitrogens with one attached hydrogen (secondary N) is 1. The third kappa shape index (κ3) is 4.56. The fourth-order valence-corrected chi connectivity index (χ4v) is 3.28. The Kier molecular flexibility index (Phi) is 6.55. The van der Waals surface area contributed by atoms with Gasteiger partial charge >= 0.3 is 5.97 Å². The van der Waals surface area contributed by atoms with E-state index in [1.54, 1.807) is 14.1 Å². The predicted molar refractivity (Wildman–Crippen MR) is 86.6 cm³/mol. The second-order valence-electron chi connectivity index (χ2n) is 5.19. The molecule has 0 aromatic carbocycles. The minimum absolute atomic E-state index is 0.0285. The van der Waals surface area contributed by atoms with E-state index in [-0.39, 0.29) is 23.8 Å². The number of aromatic carboxylic acids is 1. The molecule has 1 rings (SSSR count). The van der Waals surface area contributed by atoms with Gasteiger partial charge in [0.05, 0.1) is 5.56 Å². The van der Waals surface area contributed by atoms with Gasteiger partial charge in [0, 0.05) is 31.8 Å². The molecular weight excluding hydrogens is 304 g/mol. The van der Waals surface area contributed by atoms with Crippen molar-refractivity contribution in [3.8, 4) is 0 Å². The number of hydrogen-bond donors (Lipinski definition) is 2. The molecule has 2 amide bonds. The molecule has 6 nitrogen and oxygen atoms in total. The quantitative estimate of drug-likeness (QED) is 0.806. The van der Waals surface area contributed by atoms with Crippen LogP contribution in [0.2, 0.25) is 0 Å². The third-order valence-corrected chi connectivity index (χ3v) is 4.39. The van der Waals surface area contributed by atoms with Crippen LogP contribution < -0.4 is 5.32 Å². The highest BCUT2D eigenvalue weighted by atomic mass is 32.1. The lowest BCUT2D eigenvalue weighted by Gasteiger charge is -2.09. The third-order valence-electron chi connectivity index (χ3n) is 3.32. The van der Waals surface area contributed by atoms with Crippen LogP contribution in [0.25, 0.3) is 0 Å². The number of hydrogen-bond acceptors (Lipinski definition) is 4. The van der Waals surface area contributed by atoms with Crippen molar-refractivity contribution in [2.45, 2.75) is 39.5 Å². The molecule has 0 aliphatic rings. The van der Waals surface area contributed by atoms with E-state index in [4.69, 9.17) is 0 Å². The van der Waals surface area contributed by atoms with Crippen molar-refractivity contribution < 1.29 is 19.5 Å². The molecular formula is C15H22N2O4S. The van der Waals surface area contributed by atoms with Crippen molar-refractivity contribution in [1.29, 1.82) is 0 Å². The fraction of sp³-hybridized carbons (Fsp3) is 0.533.